The number of aromatic nitrogens is 1. The minimum absolute atomic E-state index is 0.00252. The van der Waals surface area contributed by atoms with Crippen molar-refractivity contribution >= 4 is 23.5 Å². The van der Waals surface area contributed by atoms with Gasteiger partial charge >= 0.3 is 5.97 Å². The highest BCUT2D eigenvalue weighted by molar-refractivity contribution is 6.01. The molecule has 7 heteroatoms. The molecule has 2 bridgehead atoms. The fourth-order valence-electron chi connectivity index (χ4n) is 4.64. The van der Waals surface area contributed by atoms with E-state index in [0.29, 0.717) is 11.3 Å². The molecular formula is C21H22N2O5. The van der Waals surface area contributed by atoms with Crippen LogP contribution in [0.15, 0.2) is 40.9 Å². The largest absolute Gasteiger partial charge is 0.455 e. The van der Waals surface area contributed by atoms with E-state index in [1.807, 2.05) is 18.2 Å². The Morgan fingerprint density at radius 2 is 1.86 bits per heavy atom. The molecule has 1 amide bonds. The summed E-state index contributed by atoms with van der Waals surface area (Å²) in [4.78, 5) is 37.8. The summed E-state index contributed by atoms with van der Waals surface area (Å²) < 4.78 is 10.2. The Hall–Kier alpha value is -2.96. The number of nitrogens with one attached hydrogen (secondary N) is 1. The topological polar surface area (TPSA) is 98.5 Å². The lowest BCUT2D eigenvalue weighted by atomic mass is 9.75. The average molecular weight is 382 g/mol. The van der Waals surface area contributed by atoms with Gasteiger partial charge in [0.05, 0.1) is 5.92 Å². The second kappa shape index (κ2) is 7.58. The minimum atomic E-state index is -0.490. The molecule has 2 aliphatic carbocycles. The van der Waals surface area contributed by atoms with E-state index >= 15 is 0 Å². The minimum Gasteiger partial charge on any atom is -0.455 e. The molecule has 0 spiro atoms. The normalized spacial score (nSPS) is 25.5. The van der Waals surface area contributed by atoms with Crippen molar-refractivity contribution in [3.8, 4) is 0 Å². The Morgan fingerprint density at radius 3 is 2.54 bits per heavy atom. The molecule has 0 unspecified atom stereocenters. The van der Waals surface area contributed by atoms with Crippen molar-refractivity contribution in [1.29, 1.82) is 0 Å². The Kier molecular flexibility index (Phi) is 4.98. The zero-order chi connectivity index (χ0) is 19.7. The zero-order valence-corrected chi connectivity index (χ0v) is 15.6. The lowest BCUT2D eigenvalue weighted by Crippen LogP contribution is -2.37. The van der Waals surface area contributed by atoms with E-state index in [2.05, 4.69) is 10.5 Å². The molecule has 2 aliphatic rings. The fraction of sp³-hybridized carbons (Fsp3) is 0.429. The average Bonchev–Trinajstić information content (AvgIpc) is 3.42. The van der Waals surface area contributed by atoms with Gasteiger partial charge in [-0.15, -0.1) is 0 Å². The van der Waals surface area contributed by atoms with Gasteiger partial charge < -0.3 is 14.6 Å². The van der Waals surface area contributed by atoms with Gasteiger partial charge in [0.25, 0.3) is 5.91 Å². The molecule has 2 fully saturated rings. The Labute approximate surface area is 162 Å². The van der Waals surface area contributed by atoms with Gasteiger partial charge in [-0.1, -0.05) is 35.5 Å². The maximum Gasteiger partial charge on any atom is 0.310 e. The van der Waals surface area contributed by atoms with Crippen LogP contribution >= 0.6 is 0 Å². The molecule has 1 heterocycles. The summed E-state index contributed by atoms with van der Waals surface area (Å²) >= 11 is 0. The highest BCUT2D eigenvalue weighted by Crippen LogP contribution is 2.53. The monoisotopic (exact) mass is 382 g/mol. The number of carbonyl (C=O) groups excluding carboxylic acids is 3. The Morgan fingerprint density at radius 1 is 1.14 bits per heavy atom. The number of rotatable bonds is 6. The Balaban J connectivity index is 1.40. The molecule has 4 rings (SSSR count). The lowest BCUT2D eigenvalue weighted by molar-refractivity contribution is -0.154. The zero-order valence-electron chi connectivity index (χ0n) is 15.6. The lowest BCUT2D eigenvalue weighted by Gasteiger charge is -2.28. The Bertz CT molecular complexity index is 891. The first-order valence-electron chi connectivity index (χ1n) is 9.52. The van der Waals surface area contributed by atoms with Gasteiger partial charge in [0.2, 0.25) is 0 Å². The van der Waals surface area contributed by atoms with Crippen LogP contribution in [0.4, 0.5) is 5.82 Å². The number of nitrogens with zero attached hydrogens (tertiary/aromatic N) is 1. The standard InChI is InChI=1S/C21H22N2O5/c1-12-9-16(23-28-12)22-17(24)11-27-21(26)19-15-8-7-14(10-15)18(19)20(25)13-5-3-2-4-6-13/h2-6,9,14-15,18-19H,7-8,10-11H2,1H3,(H,22,23,24)/t14-,15-,18+,19-/m0/s1. The number of esters is 1. The highest BCUT2D eigenvalue weighted by atomic mass is 16.5. The van der Waals surface area contributed by atoms with Gasteiger partial charge in [0, 0.05) is 17.5 Å². The first-order valence-corrected chi connectivity index (χ1v) is 9.52. The number of aryl methyl sites for hydroxylation is 1. The molecule has 0 aliphatic heterocycles. The third-order valence-corrected chi connectivity index (χ3v) is 5.79. The summed E-state index contributed by atoms with van der Waals surface area (Å²) in [5, 5.41) is 6.18. The molecule has 1 aromatic heterocycles. The SMILES string of the molecule is Cc1cc(NC(=O)COC(=O)[C@H]2[C@H]3CC[C@@H](C3)[C@H]2C(=O)c2ccccc2)no1. The van der Waals surface area contributed by atoms with Gasteiger partial charge in [0.15, 0.2) is 18.2 Å². The van der Waals surface area contributed by atoms with Gasteiger partial charge in [-0.25, -0.2) is 0 Å². The van der Waals surface area contributed by atoms with E-state index in [1.165, 1.54) is 0 Å². The highest BCUT2D eigenvalue weighted by Gasteiger charge is 2.54. The van der Waals surface area contributed by atoms with Crippen LogP contribution in [0.5, 0.6) is 0 Å². The second-order valence-corrected chi connectivity index (χ2v) is 7.59. The molecule has 146 valence electrons. The quantitative estimate of drug-likeness (QED) is 0.609. The molecule has 2 aromatic rings. The van der Waals surface area contributed by atoms with Crippen LogP contribution in [-0.4, -0.2) is 29.4 Å². The summed E-state index contributed by atoms with van der Waals surface area (Å²) in [6.45, 7) is 1.30. The number of hydrogen-bond donors (Lipinski definition) is 1. The molecule has 7 nitrogen and oxygen atoms in total. The van der Waals surface area contributed by atoms with Crippen molar-refractivity contribution in [3.05, 3.63) is 47.7 Å². The van der Waals surface area contributed by atoms with E-state index in [4.69, 9.17) is 9.26 Å². The fourth-order valence-corrected chi connectivity index (χ4v) is 4.64. The smallest absolute Gasteiger partial charge is 0.310 e. The first-order chi connectivity index (χ1) is 13.5. The van der Waals surface area contributed by atoms with E-state index in [0.717, 1.165) is 19.3 Å². The van der Waals surface area contributed by atoms with Crippen LogP contribution in [0.3, 0.4) is 0 Å². The summed E-state index contributed by atoms with van der Waals surface area (Å²) in [6, 6.07) is 10.6. The second-order valence-electron chi connectivity index (χ2n) is 7.59. The predicted molar refractivity (Wildman–Crippen MR) is 99.4 cm³/mol. The van der Waals surface area contributed by atoms with Crippen LogP contribution in [0, 0.1) is 30.6 Å². The maximum absolute atomic E-state index is 13.0. The van der Waals surface area contributed by atoms with E-state index < -0.39 is 24.4 Å². The van der Waals surface area contributed by atoms with Crippen LogP contribution in [-0.2, 0) is 14.3 Å². The number of ketones is 1. The van der Waals surface area contributed by atoms with Crippen LogP contribution in [0.1, 0.15) is 35.4 Å². The van der Waals surface area contributed by atoms with E-state index in [1.54, 1.807) is 25.1 Å². The summed E-state index contributed by atoms with van der Waals surface area (Å²) in [5.41, 5.74) is 0.622. The number of benzene rings is 1. The molecule has 1 aromatic carbocycles. The summed E-state index contributed by atoms with van der Waals surface area (Å²) in [7, 11) is 0. The maximum atomic E-state index is 13.0. The number of anilines is 1. The number of ether oxygens (including phenoxy) is 1. The molecule has 4 atom stereocenters. The van der Waals surface area contributed by atoms with Crippen LogP contribution in [0.2, 0.25) is 0 Å². The van der Waals surface area contributed by atoms with Crippen molar-refractivity contribution in [2.75, 3.05) is 11.9 Å². The number of amides is 1. The summed E-state index contributed by atoms with van der Waals surface area (Å²) in [6.07, 6.45) is 2.75. The summed E-state index contributed by atoms with van der Waals surface area (Å²) in [5.74, 6) is -0.602. The van der Waals surface area contributed by atoms with Gasteiger partial charge in [-0.2, -0.15) is 0 Å². The molecule has 0 radical (unpaired) electrons. The van der Waals surface area contributed by atoms with Crippen molar-refractivity contribution in [1.82, 2.24) is 5.16 Å². The van der Waals surface area contributed by atoms with Crippen LogP contribution in [0.25, 0.3) is 0 Å². The third kappa shape index (κ3) is 3.56. The molecule has 1 N–H and O–H groups in total. The number of carbonyl (C=O) groups is 3. The van der Waals surface area contributed by atoms with Crippen molar-refractivity contribution in [2.24, 2.45) is 23.7 Å². The van der Waals surface area contributed by atoms with Gasteiger partial charge in [-0.05, 0) is 38.0 Å². The van der Waals surface area contributed by atoms with Gasteiger partial charge in [-0.3, -0.25) is 14.4 Å². The molecular weight excluding hydrogens is 360 g/mol. The molecule has 28 heavy (non-hydrogen) atoms. The van der Waals surface area contributed by atoms with E-state index in [9.17, 15) is 14.4 Å². The van der Waals surface area contributed by atoms with Crippen LogP contribution < -0.4 is 5.32 Å². The number of Topliss-reactive ketones (excluding diaryl/α,β-unsaturated/α-hetero) is 1. The van der Waals surface area contributed by atoms with Gasteiger partial charge in [0.1, 0.15) is 5.76 Å². The molecule has 2 saturated carbocycles. The van der Waals surface area contributed by atoms with Crippen molar-refractivity contribution in [3.63, 3.8) is 0 Å². The third-order valence-electron chi connectivity index (χ3n) is 5.79. The number of fused-ring (bicyclic) bond motifs is 2. The van der Waals surface area contributed by atoms with Crippen molar-refractivity contribution < 1.29 is 23.6 Å². The van der Waals surface area contributed by atoms with Crippen molar-refractivity contribution in [2.45, 2.75) is 26.2 Å². The van der Waals surface area contributed by atoms with E-state index in [-0.39, 0.29) is 29.4 Å². The first kappa shape index (κ1) is 18.4. The number of hydrogen-bond acceptors (Lipinski definition) is 6. The molecule has 0 saturated heterocycles. The predicted octanol–water partition coefficient (Wildman–Crippen LogP) is 3.01.